The van der Waals surface area contributed by atoms with Crippen molar-refractivity contribution in [3.05, 3.63) is 65.2 Å². The highest BCUT2D eigenvalue weighted by Gasteiger charge is 2.20. The van der Waals surface area contributed by atoms with E-state index in [-0.39, 0.29) is 0 Å². The van der Waals surface area contributed by atoms with Crippen LogP contribution < -0.4 is 0 Å². The SMILES string of the molecule is CCC/C=C/c1ccc(C(=O)O)c(-c2ccc(C3CCC(C)CC3)cc2)c1. The number of hydrogen-bond acceptors (Lipinski definition) is 1. The Morgan fingerprint density at radius 1 is 1.07 bits per heavy atom. The number of benzene rings is 2. The van der Waals surface area contributed by atoms with Gasteiger partial charge in [0.05, 0.1) is 5.56 Å². The number of aromatic carboxylic acids is 1. The van der Waals surface area contributed by atoms with Crippen molar-refractivity contribution in [3.63, 3.8) is 0 Å². The van der Waals surface area contributed by atoms with Gasteiger partial charge in [-0.1, -0.05) is 75.6 Å². The van der Waals surface area contributed by atoms with Crippen molar-refractivity contribution >= 4 is 12.0 Å². The minimum absolute atomic E-state index is 0.363. The number of carboxylic acids is 1. The van der Waals surface area contributed by atoms with Gasteiger partial charge in [0.2, 0.25) is 0 Å². The molecule has 0 saturated heterocycles. The predicted molar refractivity (Wildman–Crippen MR) is 113 cm³/mol. The van der Waals surface area contributed by atoms with Gasteiger partial charge in [0.1, 0.15) is 0 Å². The number of carboxylic acid groups (broad SMARTS) is 1. The molecule has 1 aliphatic carbocycles. The maximum absolute atomic E-state index is 11.7. The van der Waals surface area contributed by atoms with Crippen molar-refractivity contribution in [2.24, 2.45) is 5.92 Å². The molecular weight excluding hydrogens is 332 g/mol. The maximum Gasteiger partial charge on any atom is 0.336 e. The summed E-state index contributed by atoms with van der Waals surface area (Å²) in [6.45, 7) is 4.49. The summed E-state index contributed by atoms with van der Waals surface area (Å²) in [6.07, 6.45) is 11.5. The third-order valence-corrected chi connectivity index (χ3v) is 5.75. The molecule has 0 atom stereocenters. The summed E-state index contributed by atoms with van der Waals surface area (Å²) in [5.41, 5.74) is 4.58. The lowest BCUT2D eigenvalue weighted by Crippen LogP contribution is -2.10. The van der Waals surface area contributed by atoms with Crippen LogP contribution in [0.25, 0.3) is 17.2 Å². The first-order chi connectivity index (χ1) is 13.1. The van der Waals surface area contributed by atoms with Gasteiger partial charge in [-0.3, -0.25) is 0 Å². The topological polar surface area (TPSA) is 37.3 Å². The van der Waals surface area contributed by atoms with Crippen LogP contribution in [0.1, 0.15) is 79.8 Å². The van der Waals surface area contributed by atoms with E-state index in [2.05, 4.69) is 50.3 Å². The molecule has 27 heavy (non-hydrogen) atoms. The van der Waals surface area contributed by atoms with Gasteiger partial charge < -0.3 is 5.11 Å². The van der Waals surface area contributed by atoms with Crippen molar-refractivity contribution in [1.82, 2.24) is 0 Å². The second kappa shape index (κ2) is 9.03. The minimum atomic E-state index is -0.876. The van der Waals surface area contributed by atoms with Crippen LogP contribution in [0.2, 0.25) is 0 Å². The molecule has 0 aliphatic heterocycles. The standard InChI is InChI=1S/C25H30O2/c1-3-4-5-6-19-9-16-23(25(26)27)24(17-19)22-14-12-21(13-15-22)20-10-7-18(2)8-11-20/h5-6,9,12-18,20H,3-4,7-8,10-11H2,1-2H3,(H,26,27)/b6-5+. The predicted octanol–water partition coefficient (Wildman–Crippen LogP) is 7.16. The van der Waals surface area contributed by atoms with Gasteiger partial charge in [-0.2, -0.15) is 0 Å². The highest BCUT2D eigenvalue weighted by Crippen LogP contribution is 2.36. The van der Waals surface area contributed by atoms with Gasteiger partial charge in [-0.25, -0.2) is 4.79 Å². The summed E-state index contributed by atoms with van der Waals surface area (Å²) in [5.74, 6) is 0.624. The van der Waals surface area contributed by atoms with Crippen LogP contribution in [0.4, 0.5) is 0 Å². The molecule has 2 aromatic rings. The van der Waals surface area contributed by atoms with E-state index in [0.717, 1.165) is 35.4 Å². The molecule has 2 heteroatoms. The van der Waals surface area contributed by atoms with Crippen LogP contribution in [-0.2, 0) is 0 Å². The van der Waals surface area contributed by atoms with Crippen molar-refractivity contribution in [3.8, 4) is 11.1 Å². The highest BCUT2D eigenvalue weighted by atomic mass is 16.4. The summed E-state index contributed by atoms with van der Waals surface area (Å²) in [6, 6.07) is 14.2. The third-order valence-electron chi connectivity index (χ3n) is 5.75. The zero-order valence-electron chi connectivity index (χ0n) is 16.4. The van der Waals surface area contributed by atoms with Crippen LogP contribution in [0, 0.1) is 5.92 Å². The van der Waals surface area contributed by atoms with E-state index in [9.17, 15) is 9.90 Å². The quantitative estimate of drug-likeness (QED) is 0.592. The zero-order chi connectivity index (χ0) is 19.2. The highest BCUT2D eigenvalue weighted by molar-refractivity contribution is 5.96. The van der Waals surface area contributed by atoms with Gasteiger partial charge >= 0.3 is 5.97 Å². The van der Waals surface area contributed by atoms with Gasteiger partial charge in [-0.15, -0.1) is 0 Å². The van der Waals surface area contributed by atoms with Gasteiger partial charge in [-0.05, 0) is 65.5 Å². The Labute approximate surface area is 162 Å². The van der Waals surface area contributed by atoms with E-state index in [0.29, 0.717) is 11.5 Å². The Morgan fingerprint density at radius 2 is 1.78 bits per heavy atom. The first-order valence-corrected chi connectivity index (χ1v) is 10.2. The molecule has 0 radical (unpaired) electrons. The van der Waals surface area contributed by atoms with E-state index >= 15 is 0 Å². The molecule has 1 saturated carbocycles. The number of carbonyl (C=O) groups is 1. The molecule has 0 spiro atoms. The summed E-state index contributed by atoms with van der Waals surface area (Å²) in [5, 5.41) is 9.60. The second-order valence-corrected chi connectivity index (χ2v) is 7.88. The summed E-state index contributed by atoms with van der Waals surface area (Å²) in [4.78, 5) is 11.7. The lowest BCUT2D eigenvalue weighted by molar-refractivity contribution is 0.0697. The smallest absolute Gasteiger partial charge is 0.336 e. The molecule has 0 bridgehead atoms. The fraction of sp³-hybridized carbons (Fsp3) is 0.400. The average molecular weight is 363 g/mol. The van der Waals surface area contributed by atoms with Gasteiger partial charge in [0.25, 0.3) is 0 Å². The van der Waals surface area contributed by atoms with Crippen molar-refractivity contribution < 1.29 is 9.90 Å². The normalized spacial score (nSPS) is 20.1. The first kappa shape index (κ1) is 19.4. The van der Waals surface area contributed by atoms with Crippen LogP contribution in [0.5, 0.6) is 0 Å². The molecule has 0 heterocycles. The second-order valence-electron chi connectivity index (χ2n) is 7.88. The number of allylic oxidation sites excluding steroid dienone is 1. The van der Waals surface area contributed by atoms with Gasteiger partial charge in [0.15, 0.2) is 0 Å². The molecule has 1 N–H and O–H groups in total. The molecule has 0 unspecified atom stereocenters. The molecule has 1 aliphatic rings. The lowest BCUT2D eigenvalue weighted by atomic mass is 9.79. The Hall–Kier alpha value is -2.35. The lowest BCUT2D eigenvalue weighted by Gasteiger charge is -2.26. The fourth-order valence-corrected chi connectivity index (χ4v) is 4.01. The number of unbranched alkanes of at least 4 members (excludes halogenated alkanes) is 1. The molecule has 3 rings (SSSR count). The minimum Gasteiger partial charge on any atom is -0.478 e. The van der Waals surface area contributed by atoms with Gasteiger partial charge in [0, 0.05) is 0 Å². The number of rotatable bonds is 6. The molecule has 142 valence electrons. The first-order valence-electron chi connectivity index (χ1n) is 10.2. The Bertz CT molecular complexity index is 794. The van der Waals surface area contributed by atoms with Crippen LogP contribution >= 0.6 is 0 Å². The van der Waals surface area contributed by atoms with E-state index in [1.54, 1.807) is 6.07 Å². The Morgan fingerprint density at radius 3 is 2.41 bits per heavy atom. The van der Waals surface area contributed by atoms with E-state index in [1.807, 2.05) is 12.1 Å². The van der Waals surface area contributed by atoms with Crippen LogP contribution in [-0.4, -0.2) is 11.1 Å². The average Bonchev–Trinajstić information content (AvgIpc) is 2.69. The molecule has 0 amide bonds. The van der Waals surface area contributed by atoms with Crippen molar-refractivity contribution in [1.29, 1.82) is 0 Å². The molecule has 2 aromatic carbocycles. The van der Waals surface area contributed by atoms with Crippen molar-refractivity contribution in [2.75, 3.05) is 0 Å². The molecular formula is C25H30O2. The fourth-order valence-electron chi connectivity index (χ4n) is 4.01. The third kappa shape index (κ3) is 4.88. The van der Waals surface area contributed by atoms with E-state index in [1.165, 1.54) is 31.2 Å². The Kier molecular flexibility index (Phi) is 6.49. The zero-order valence-corrected chi connectivity index (χ0v) is 16.4. The summed E-state index contributed by atoms with van der Waals surface area (Å²) >= 11 is 0. The summed E-state index contributed by atoms with van der Waals surface area (Å²) < 4.78 is 0. The van der Waals surface area contributed by atoms with Crippen molar-refractivity contribution in [2.45, 2.75) is 58.3 Å². The van der Waals surface area contributed by atoms with E-state index < -0.39 is 5.97 Å². The van der Waals surface area contributed by atoms with Crippen LogP contribution in [0.3, 0.4) is 0 Å². The molecule has 1 fully saturated rings. The van der Waals surface area contributed by atoms with E-state index in [4.69, 9.17) is 0 Å². The largest absolute Gasteiger partial charge is 0.478 e. The maximum atomic E-state index is 11.7. The molecule has 0 aromatic heterocycles. The summed E-state index contributed by atoms with van der Waals surface area (Å²) in [7, 11) is 0. The monoisotopic (exact) mass is 362 g/mol. The van der Waals surface area contributed by atoms with Crippen LogP contribution in [0.15, 0.2) is 48.5 Å². The molecule has 2 nitrogen and oxygen atoms in total. The Balaban J connectivity index is 1.87. The number of hydrogen-bond donors (Lipinski definition) is 1.